The van der Waals surface area contributed by atoms with Crippen LogP contribution in [0.2, 0.25) is 10.0 Å². The van der Waals surface area contributed by atoms with Crippen LogP contribution in [0.25, 0.3) is 0 Å². The molecule has 0 aliphatic heterocycles. The molecule has 0 fully saturated rings. The van der Waals surface area contributed by atoms with Crippen LogP contribution in [0.4, 0.5) is 10.1 Å². The predicted octanol–water partition coefficient (Wildman–Crippen LogP) is 4.02. The summed E-state index contributed by atoms with van der Waals surface area (Å²) in [6.07, 6.45) is 0. The average molecular weight is 343 g/mol. The monoisotopic (exact) mass is 342 g/mol. The van der Waals surface area contributed by atoms with Gasteiger partial charge >= 0.3 is 0 Å². The van der Waals surface area contributed by atoms with Crippen LogP contribution < -0.4 is 11.1 Å². The first-order valence-electron chi connectivity index (χ1n) is 5.74. The number of thiocarbonyl (C=S) groups is 1. The lowest BCUT2D eigenvalue weighted by Crippen LogP contribution is -2.18. The minimum Gasteiger partial charge on any atom is -0.389 e. The molecule has 21 heavy (non-hydrogen) atoms. The lowest BCUT2D eigenvalue weighted by atomic mass is 10.1. The number of nitrogens with one attached hydrogen (secondary N) is 1. The van der Waals surface area contributed by atoms with Crippen molar-refractivity contribution in [3.63, 3.8) is 0 Å². The standard InChI is InChI=1S/C14H9Cl2FN2OS/c15-7-1-3-10(13(18)21)12(5-7)19-14(20)9-4-2-8(17)6-11(9)16/h1-6H,(H2,18,21)(H,19,20). The number of nitrogens with two attached hydrogens (primary N) is 1. The van der Waals surface area contributed by atoms with E-state index >= 15 is 0 Å². The van der Waals surface area contributed by atoms with Gasteiger partial charge in [0.1, 0.15) is 10.8 Å². The molecule has 0 bridgehead atoms. The van der Waals surface area contributed by atoms with E-state index < -0.39 is 11.7 Å². The van der Waals surface area contributed by atoms with Crippen LogP contribution in [0, 0.1) is 5.82 Å². The smallest absolute Gasteiger partial charge is 0.257 e. The number of rotatable bonds is 3. The lowest BCUT2D eigenvalue weighted by molar-refractivity contribution is 0.102. The fourth-order valence-electron chi connectivity index (χ4n) is 1.70. The maximum atomic E-state index is 13.0. The summed E-state index contributed by atoms with van der Waals surface area (Å²) in [6, 6.07) is 8.22. The van der Waals surface area contributed by atoms with Gasteiger partial charge < -0.3 is 11.1 Å². The second-order valence-electron chi connectivity index (χ2n) is 4.13. The number of carbonyl (C=O) groups excluding carboxylic acids is 1. The molecule has 0 heterocycles. The van der Waals surface area contributed by atoms with E-state index in [4.69, 9.17) is 41.2 Å². The Balaban J connectivity index is 2.35. The number of hydrogen-bond acceptors (Lipinski definition) is 2. The van der Waals surface area contributed by atoms with Crippen LogP contribution in [-0.4, -0.2) is 10.9 Å². The van der Waals surface area contributed by atoms with E-state index in [0.29, 0.717) is 16.3 Å². The van der Waals surface area contributed by atoms with Gasteiger partial charge in [0.2, 0.25) is 0 Å². The zero-order valence-electron chi connectivity index (χ0n) is 10.5. The normalized spacial score (nSPS) is 10.2. The largest absolute Gasteiger partial charge is 0.389 e. The van der Waals surface area contributed by atoms with Gasteiger partial charge in [-0.25, -0.2) is 4.39 Å². The summed E-state index contributed by atoms with van der Waals surface area (Å²) >= 11 is 16.7. The number of benzene rings is 2. The third-order valence-electron chi connectivity index (χ3n) is 2.67. The Bertz CT molecular complexity index is 737. The minimum atomic E-state index is -0.525. The van der Waals surface area contributed by atoms with Gasteiger partial charge in [0.05, 0.1) is 16.3 Å². The van der Waals surface area contributed by atoms with E-state index in [9.17, 15) is 9.18 Å². The van der Waals surface area contributed by atoms with E-state index in [2.05, 4.69) is 5.32 Å². The summed E-state index contributed by atoms with van der Waals surface area (Å²) in [5, 5.41) is 3.03. The first kappa shape index (κ1) is 15.7. The molecule has 0 saturated heterocycles. The molecular weight excluding hydrogens is 334 g/mol. The van der Waals surface area contributed by atoms with Gasteiger partial charge in [-0.05, 0) is 36.4 Å². The fraction of sp³-hybridized carbons (Fsp3) is 0. The van der Waals surface area contributed by atoms with Crippen molar-refractivity contribution in [2.24, 2.45) is 5.73 Å². The van der Waals surface area contributed by atoms with Gasteiger partial charge in [0, 0.05) is 10.6 Å². The van der Waals surface area contributed by atoms with Crippen molar-refractivity contribution in [3.05, 3.63) is 63.4 Å². The summed E-state index contributed by atoms with van der Waals surface area (Å²) in [7, 11) is 0. The van der Waals surface area contributed by atoms with Crippen molar-refractivity contribution in [2.75, 3.05) is 5.32 Å². The first-order valence-corrected chi connectivity index (χ1v) is 6.90. The maximum Gasteiger partial charge on any atom is 0.257 e. The van der Waals surface area contributed by atoms with Gasteiger partial charge in [-0.15, -0.1) is 0 Å². The molecule has 2 aromatic rings. The maximum absolute atomic E-state index is 13.0. The van der Waals surface area contributed by atoms with Crippen LogP contribution in [0.5, 0.6) is 0 Å². The molecule has 0 radical (unpaired) electrons. The molecule has 3 N–H and O–H groups in total. The molecule has 1 amide bonds. The molecule has 0 unspecified atom stereocenters. The molecule has 0 saturated carbocycles. The average Bonchev–Trinajstić information content (AvgIpc) is 2.37. The van der Waals surface area contributed by atoms with Crippen LogP contribution in [0.15, 0.2) is 36.4 Å². The summed E-state index contributed by atoms with van der Waals surface area (Å²) < 4.78 is 13.0. The van der Waals surface area contributed by atoms with Gasteiger partial charge in [-0.1, -0.05) is 35.4 Å². The molecule has 0 aliphatic rings. The van der Waals surface area contributed by atoms with Crippen LogP contribution in [0.3, 0.4) is 0 Å². The van der Waals surface area contributed by atoms with Crippen LogP contribution in [-0.2, 0) is 0 Å². The highest BCUT2D eigenvalue weighted by Gasteiger charge is 2.14. The summed E-state index contributed by atoms with van der Waals surface area (Å²) in [6.45, 7) is 0. The zero-order valence-corrected chi connectivity index (χ0v) is 12.8. The van der Waals surface area contributed by atoms with E-state index in [1.165, 1.54) is 12.1 Å². The number of amides is 1. The molecule has 108 valence electrons. The number of hydrogen-bond donors (Lipinski definition) is 2. The van der Waals surface area contributed by atoms with Gasteiger partial charge in [-0.3, -0.25) is 4.79 Å². The Morgan fingerprint density at radius 2 is 1.81 bits per heavy atom. The van der Waals surface area contributed by atoms with Crippen molar-refractivity contribution in [1.29, 1.82) is 0 Å². The molecule has 0 aromatic heterocycles. The van der Waals surface area contributed by atoms with Gasteiger partial charge in [0.25, 0.3) is 5.91 Å². The quantitative estimate of drug-likeness (QED) is 0.828. The second-order valence-corrected chi connectivity index (χ2v) is 5.42. The minimum absolute atomic E-state index is 0.00593. The highest BCUT2D eigenvalue weighted by Crippen LogP contribution is 2.23. The molecule has 0 spiro atoms. The van der Waals surface area contributed by atoms with Crippen LogP contribution in [0.1, 0.15) is 15.9 Å². The fourth-order valence-corrected chi connectivity index (χ4v) is 2.30. The lowest BCUT2D eigenvalue weighted by Gasteiger charge is -2.11. The van der Waals surface area contributed by atoms with E-state index in [1.54, 1.807) is 12.1 Å². The van der Waals surface area contributed by atoms with E-state index in [1.807, 2.05) is 0 Å². The molecule has 0 atom stereocenters. The summed E-state index contributed by atoms with van der Waals surface area (Å²) in [4.78, 5) is 12.3. The van der Waals surface area contributed by atoms with Crippen LogP contribution >= 0.6 is 35.4 Å². The molecule has 7 heteroatoms. The topological polar surface area (TPSA) is 55.1 Å². The molecular formula is C14H9Cl2FN2OS. The number of halogens is 3. The second kappa shape index (κ2) is 6.39. The van der Waals surface area contributed by atoms with Crippen molar-refractivity contribution < 1.29 is 9.18 Å². The van der Waals surface area contributed by atoms with E-state index in [-0.39, 0.29) is 15.6 Å². The van der Waals surface area contributed by atoms with Crippen molar-refractivity contribution in [1.82, 2.24) is 0 Å². The van der Waals surface area contributed by atoms with Crippen molar-refractivity contribution >= 4 is 52.0 Å². The Labute approximate surface area is 135 Å². The molecule has 0 aliphatic carbocycles. The van der Waals surface area contributed by atoms with Crippen molar-refractivity contribution in [2.45, 2.75) is 0 Å². The Morgan fingerprint density at radius 1 is 1.14 bits per heavy atom. The Kier molecular flexibility index (Phi) is 4.77. The predicted molar refractivity (Wildman–Crippen MR) is 86.7 cm³/mol. The molecule has 3 nitrogen and oxygen atoms in total. The number of anilines is 1. The third kappa shape index (κ3) is 3.69. The highest BCUT2D eigenvalue weighted by atomic mass is 35.5. The van der Waals surface area contributed by atoms with Gasteiger partial charge in [-0.2, -0.15) is 0 Å². The zero-order chi connectivity index (χ0) is 15.6. The third-order valence-corrected chi connectivity index (χ3v) is 3.44. The SMILES string of the molecule is NC(=S)c1ccc(Cl)cc1NC(=O)c1ccc(F)cc1Cl. The van der Waals surface area contributed by atoms with Crippen molar-refractivity contribution in [3.8, 4) is 0 Å². The summed E-state index contributed by atoms with van der Waals surface area (Å²) in [5.41, 5.74) is 6.56. The Morgan fingerprint density at radius 3 is 2.43 bits per heavy atom. The summed E-state index contributed by atoms with van der Waals surface area (Å²) in [5.74, 6) is -1.04. The first-order chi connectivity index (χ1) is 9.88. The van der Waals surface area contributed by atoms with Gasteiger partial charge in [0.15, 0.2) is 0 Å². The number of carbonyl (C=O) groups is 1. The van der Waals surface area contributed by atoms with E-state index in [0.717, 1.165) is 12.1 Å². The molecule has 2 rings (SSSR count). The Hall–Kier alpha value is -1.69. The highest BCUT2D eigenvalue weighted by molar-refractivity contribution is 7.80. The molecule has 2 aromatic carbocycles.